The number of nitrogens with zero attached hydrogens (tertiary/aromatic N) is 1. The van der Waals surface area contributed by atoms with Crippen molar-refractivity contribution >= 4 is 15.9 Å². The molecule has 1 amide bonds. The van der Waals surface area contributed by atoms with E-state index in [1.165, 1.54) is 25.2 Å². The molecule has 0 aliphatic carbocycles. The summed E-state index contributed by atoms with van der Waals surface area (Å²) in [6, 6.07) is 4.70. The van der Waals surface area contributed by atoms with Crippen molar-refractivity contribution in [3.8, 4) is 11.5 Å². The van der Waals surface area contributed by atoms with Crippen LogP contribution < -0.4 is 19.5 Å². The lowest BCUT2D eigenvalue weighted by atomic mass is 10.2. The molecule has 26 heavy (non-hydrogen) atoms. The van der Waals surface area contributed by atoms with Gasteiger partial charge in [-0.25, -0.2) is 13.1 Å². The zero-order valence-electron chi connectivity index (χ0n) is 15.0. The molecule has 2 atom stereocenters. The lowest BCUT2D eigenvalue weighted by Crippen LogP contribution is -2.48. The number of amides is 1. The predicted molar refractivity (Wildman–Crippen MR) is 95.9 cm³/mol. The van der Waals surface area contributed by atoms with E-state index in [0.29, 0.717) is 18.3 Å². The Balaban J connectivity index is 1.63. The smallest absolute Gasteiger partial charge is 0.264 e. The fourth-order valence-electron chi connectivity index (χ4n) is 3.34. The van der Waals surface area contributed by atoms with Crippen LogP contribution in [0.1, 0.15) is 19.8 Å². The fourth-order valence-corrected chi connectivity index (χ4v) is 4.09. The van der Waals surface area contributed by atoms with Gasteiger partial charge in [0, 0.05) is 18.7 Å². The summed E-state index contributed by atoms with van der Waals surface area (Å²) in [5.41, 5.74) is 0. The molecule has 1 saturated heterocycles. The maximum atomic E-state index is 12.4. The molecule has 0 spiro atoms. The van der Waals surface area contributed by atoms with Crippen molar-refractivity contribution in [2.45, 2.75) is 36.8 Å². The summed E-state index contributed by atoms with van der Waals surface area (Å²) in [4.78, 5) is 14.8. The van der Waals surface area contributed by atoms with Gasteiger partial charge < -0.3 is 14.8 Å². The van der Waals surface area contributed by atoms with Crippen LogP contribution in [0.15, 0.2) is 23.1 Å². The Kier molecular flexibility index (Phi) is 5.69. The molecular formula is C17H25N3O5S. The van der Waals surface area contributed by atoms with Crippen LogP contribution in [-0.2, 0) is 14.8 Å². The topological polar surface area (TPSA) is 97.0 Å². The monoisotopic (exact) mass is 383 g/mol. The average molecular weight is 383 g/mol. The number of hydrogen-bond acceptors (Lipinski definition) is 6. The number of fused-ring (bicyclic) bond motifs is 1. The summed E-state index contributed by atoms with van der Waals surface area (Å²) in [5.74, 6) is 0.432. The number of benzene rings is 1. The van der Waals surface area contributed by atoms with Crippen molar-refractivity contribution in [3.63, 3.8) is 0 Å². The predicted octanol–water partition coefficient (Wildman–Crippen LogP) is 0.335. The normalized spacial score (nSPS) is 23.0. The van der Waals surface area contributed by atoms with Gasteiger partial charge in [0.1, 0.15) is 6.61 Å². The molecular weight excluding hydrogens is 358 g/mol. The second-order valence-corrected chi connectivity index (χ2v) is 8.29. The number of hydrogen-bond donors (Lipinski definition) is 2. The summed E-state index contributed by atoms with van der Waals surface area (Å²) in [6.07, 6.45) is 1.42. The van der Waals surface area contributed by atoms with Crippen molar-refractivity contribution in [2.24, 2.45) is 0 Å². The first-order chi connectivity index (χ1) is 12.4. The molecule has 2 N–H and O–H groups in total. The van der Waals surface area contributed by atoms with E-state index in [0.717, 1.165) is 25.9 Å². The molecule has 0 radical (unpaired) electrons. The zero-order chi connectivity index (χ0) is 18.7. The van der Waals surface area contributed by atoms with Gasteiger partial charge in [0.25, 0.3) is 5.91 Å². The molecule has 144 valence electrons. The molecule has 1 fully saturated rings. The lowest BCUT2D eigenvalue weighted by molar-refractivity contribution is -0.130. The van der Waals surface area contributed by atoms with Gasteiger partial charge in [0.2, 0.25) is 16.1 Å². The summed E-state index contributed by atoms with van der Waals surface area (Å²) in [5, 5.41) is 2.93. The van der Waals surface area contributed by atoms with E-state index in [1.54, 1.807) is 0 Å². The Labute approximate surface area is 153 Å². The van der Waals surface area contributed by atoms with Gasteiger partial charge in [-0.2, -0.15) is 0 Å². The number of rotatable bonds is 6. The number of ether oxygens (including phenoxy) is 2. The number of sulfonamides is 1. The van der Waals surface area contributed by atoms with E-state index in [9.17, 15) is 13.2 Å². The van der Waals surface area contributed by atoms with Crippen LogP contribution in [0.3, 0.4) is 0 Å². The highest BCUT2D eigenvalue weighted by Gasteiger charge is 2.30. The van der Waals surface area contributed by atoms with E-state index in [4.69, 9.17) is 9.47 Å². The average Bonchev–Trinajstić information content (AvgIpc) is 3.12. The minimum atomic E-state index is -3.59. The van der Waals surface area contributed by atoms with Gasteiger partial charge in [0.05, 0.1) is 4.90 Å². The Hall–Kier alpha value is -1.84. The first kappa shape index (κ1) is 18.9. The van der Waals surface area contributed by atoms with Crippen LogP contribution in [0.4, 0.5) is 0 Å². The number of likely N-dealkylation sites (N-methyl/N-ethyl adjacent to an activating group) is 1. The van der Waals surface area contributed by atoms with Crippen molar-refractivity contribution in [1.29, 1.82) is 0 Å². The number of nitrogens with one attached hydrogen (secondary N) is 2. The third-order valence-corrected chi connectivity index (χ3v) is 6.28. The summed E-state index contributed by atoms with van der Waals surface area (Å²) in [6.45, 7) is 4.83. The highest BCUT2D eigenvalue weighted by Crippen LogP contribution is 2.33. The summed E-state index contributed by atoms with van der Waals surface area (Å²) in [7, 11) is -2.25. The van der Waals surface area contributed by atoms with Gasteiger partial charge in [-0.15, -0.1) is 0 Å². The molecule has 3 rings (SSSR count). The molecule has 2 unspecified atom stereocenters. The van der Waals surface area contributed by atoms with E-state index in [2.05, 4.69) is 21.9 Å². The molecule has 2 heterocycles. The summed E-state index contributed by atoms with van der Waals surface area (Å²) < 4.78 is 37.4. The quantitative estimate of drug-likeness (QED) is 0.735. The van der Waals surface area contributed by atoms with Crippen LogP contribution in [0.2, 0.25) is 0 Å². The zero-order valence-corrected chi connectivity index (χ0v) is 15.8. The highest BCUT2D eigenvalue weighted by molar-refractivity contribution is 7.89. The van der Waals surface area contributed by atoms with Gasteiger partial charge in [-0.05, 0) is 45.1 Å². The number of likely N-dealkylation sites (tertiary alicyclic amines) is 1. The second-order valence-electron chi connectivity index (χ2n) is 6.40. The minimum Gasteiger partial charge on any atom is -0.485 e. The molecule has 0 aromatic heterocycles. The van der Waals surface area contributed by atoms with Crippen molar-refractivity contribution < 1.29 is 22.7 Å². The number of carbonyl (C=O) groups is 1. The van der Waals surface area contributed by atoms with Gasteiger partial charge in [0.15, 0.2) is 11.5 Å². The maximum Gasteiger partial charge on any atom is 0.264 e. The molecule has 0 bridgehead atoms. The minimum absolute atomic E-state index is 0.0629. The first-order valence-electron chi connectivity index (χ1n) is 8.83. The molecule has 9 heteroatoms. The fraction of sp³-hybridized carbons (Fsp3) is 0.588. The molecule has 0 saturated carbocycles. The van der Waals surface area contributed by atoms with Gasteiger partial charge >= 0.3 is 0 Å². The molecule has 2 aliphatic heterocycles. The second kappa shape index (κ2) is 7.81. The van der Waals surface area contributed by atoms with Gasteiger partial charge in [-0.3, -0.25) is 9.69 Å². The van der Waals surface area contributed by atoms with E-state index in [-0.39, 0.29) is 23.2 Å². The molecule has 8 nitrogen and oxygen atoms in total. The Morgan fingerprint density at radius 1 is 1.35 bits per heavy atom. The molecule has 1 aromatic rings. The van der Waals surface area contributed by atoms with Crippen LogP contribution >= 0.6 is 0 Å². The SMILES string of the molecule is CCN1CCCC1CNC(=O)C1COc2ccc(S(=O)(=O)NC)cc2O1. The van der Waals surface area contributed by atoms with E-state index >= 15 is 0 Å². The Morgan fingerprint density at radius 3 is 2.88 bits per heavy atom. The lowest BCUT2D eigenvalue weighted by Gasteiger charge is -2.27. The summed E-state index contributed by atoms with van der Waals surface area (Å²) >= 11 is 0. The van der Waals surface area contributed by atoms with Crippen LogP contribution in [0.25, 0.3) is 0 Å². The highest BCUT2D eigenvalue weighted by atomic mass is 32.2. The van der Waals surface area contributed by atoms with E-state index in [1.807, 2.05) is 0 Å². The van der Waals surface area contributed by atoms with Crippen molar-refractivity contribution in [2.75, 3.05) is 33.3 Å². The van der Waals surface area contributed by atoms with Crippen molar-refractivity contribution in [3.05, 3.63) is 18.2 Å². The van der Waals surface area contributed by atoms with Crippen molar-refractivity contribution in [1.82, 2.24) is 14.9 Å². The first-order valence-corrected chi connectivity index (χ1v) is 10.3. The van der Waals surface area contributed by atoms with Crippen LogP contribution in [0.5, 0.6) is 11.5 Å². The van der Waals surface area contributed by atoms with Crippen LogP contribution in [-0.4, -0.2) is 64.7 Å². The largest absolute Gasteiger partial charge is 0.485 e. The van der Waals surface area contributed by atoms with Gasteiger partial charge in [-0.1, -0.05) is 6.92 Å². The Bertz CT molecular complexity index is 768. The molecule has 1 aromatic carbocycles. The van der Waals surface area contributed by atoms with E-state index < -0.39 is 16.1 Å². The third-order valence-electron chi connectivity index (χ3n) is 4.86. The molecule has 2 aliphatic rings. The standard InChI is InChI=1S/C17H25N3O5S/c1-3-20-8-4-5-12(20)10-19-17(21)16-11-24-14-7-6-13(9-15(14)25-16)26(22,23)18-2/h6-7,9,12,16,18H,3-5,8,10-11H2,1-2H3,(H,19,21). The third kappa shape index (κ3) is 3.94. The number of carbonyl (C=O) groups excluding carboxylic acids is 1. The Morgan fingerprint density at radius 2 is 2.15 bits per heavy atom. The van der Waals surface area contributed by atoms with Crippen LogP contribution in [0, 0.1) is 0 Å². The maximum absolute atomic E-state index is 12.4.